The maximum absolute atomic E-state index is 12.2. The largest absolute Gasteiger partial charge is 0.330 e. The van der Waals surface area contributed by atoms with Crippen LogP contribution in [-0.4, -0.2) is 34.3 Å². The minimum absolute atomic E-state index is 0.269. The normalized spacial score (nSPS) is 20.6. The highest BCUT2D eigenvalue weighted by molar-refractivity contribution is 6.20. The molecule has 0 unspecified atom stereocenters. The molecule has 0 bridgehead atoms. The molecule has 0 atom stereocenters. The van der Waals surface area contributed by atoms with Gasteiger partial charge >= 0.3 is 6.03 Å². The summed E-state index contributed by atoms with van der Waals surface area (Å²) in [7, 11) is 0. The molecule has 2 heterocycles. The van der Waals surface area contributed by atoms with Crippen molar-refractivity contribution < 1.29 is 14.4 Å². The summed E-state index contributed by atoms with van der Waals surface area (Å²) in [5.74, 6) is -0.801. The number of barbiturate groups is 1. The standard InChI is InChI=1S/C13H13N3O3/c17-10-13(4-5-13)11(18)16(12(19)15-10)7-3-9-2-1-6-14-8-9/h1-2,6,8H,3-5,7H2,(H,15,17,19). The lowest BCUT2D eigenvalue weighted by atomic mass is 10.0. The molecule has 1 saturated carbocycles. The van der Waals surface area contributed by atoms with Crippen molar-refractivity contribution in [1.29, 1.82) is 0 Å². The van der Waals surface area contributed by atoms with Gasteiger partial charge in [-0.25, -0.2) is 4.79 Å². The summed E-state index contributed by atoms with van der Waals surface area (Å²) in [4.78, 5) is 40.6. The Hall–Kier alpha value is -2.24. The van der Waals surface area contributed by atoms with Crippen molar-refractivity contribution in [3.8, 4) is 0 Å². The Kier molecular flexibility index (Phi) is 2.58. The van der Waals surface area contributed by atoms with E-state index in [-0.39, 0.29) is 12.5 Å². The Labute approximate surface area is 109 Å². The molecule has 98 valence electrons. The molecule has 1 aromatic rings. The average Bonchev–Trinajstić information content (AvgIpc) is 3.20. The number of hydrogen-bond donors (Lipinski definition) is 1. The lowest BCUT2D eigenvalue weighted by molar-refractivity contribution is -0.144. The van der Waals surface area contributed by atoms with E-state index >= 15 is 0 Å². The number of imide groups is 2. The van der Waals surface area contributed by atoms with Crippen LogP contribution in [0.5, 0.6) is 0 Å². The van der Waals surface area contributed by atoms with Gasteiger partial charge in [0.25, 0.3) is 0 Å². The van der Waals surface area contributed by atoms with Gasteiger partial charge in [0.1, 0.15) is 5.41 Å². The highest BCUT2D eigenvalue weighted by Crippen LogP contribution is 2.48. The summed E-state index contributed by atoms with van der Waals surface area (Å²) in [6, 6.07) is 3.08. The number of amides is 4. The van der Waals surface area contributed by atoms with Gasteiger partial charge < -0.3 is 0 Å². The molecule has 1 N–H and O–H groups in total. The van der Waals surface area contributed by atoms with Crippen molar-refractivity contribution in [3.63, 3.8) is 0 Å². The summed E-state index contributed by atoms with van der Waals surface area (Å²) in [5, 5.41) is 2.26. The van der Waals surface area contributed by atoms with E-state index in [2.05, 4.69) is 10.3 Å². The van der Waals surface area contributed by atoms with Crippen molar-refractivity contribution in [1.82, 2.24) is 15.2 Å². The quantitative estimate of drug-likeness (QED) is 0.801. The van der Waals surface area contributed by atoms with Gasteiger partial charge in [0, 0.05) is 18.9 Å². The van der Waals surface area contributed by atoms with Crippen molar-refractivity contribution in [2.24, 2.45) is 5.41 Å². The fourth-order valence-electron chi connectivity index (χ4n) is 2.29. The lowest BCUT2D eigenvalue weighted by Gasteiger charge is -2.30. The predicted molar refractivity (Wildman–Crippen MR) is 64.9 cm³/mol. The van der Waals surface area contributed by atoms with Crippen LogP contribution in [0.15, 0.2) is 24.5 Å². The van der Waals surface area contributed by atoms with E-state index in [1.807, 2.05) is 6.07 Å². The van der Waals surface area contributed by atoms with Crippen LogP contribution < -0.4 is 5.32 Å². The van der Waals surface area contributed by atoms with E-state index in [4.69, 9.17) is 0 Å². The third-order valence-electron chi connectivity index (χ3n) is 3.65. The van der Waals surface area contributed by atoms with Crippen molar-refractivity contribution in [3.05, 3.63) is 30.1 Å². The Balaban J connectivity index is 1.72. The predicted octanol–water partition coefficient (Wildman–Crippen LogP) is 0.483. The van der Waals surface area contributed by atoms with E-state index in [0.717, 1.165) is 10.5 Å². The molecule has 1 aliphatic carbocycles. The Bertz CT molecular complexity index is 552. The fraction of sp³-hybridized carbons (Fsp3) is 0.385. The Morgan fingerprint density at radius 3 is 2.74 bits per heavy atom. The van der Waals surface area contributed by atoms with Gasteiger partial charge in [-0.1, -0.05) is 6.07 Å². The second-order valence-corrected chi connectivity index (χ2v) is 4.91. The number of nitrogens with one attached hydrogen (secondary N) is 1. The van der Waals surface area contributed by atoms with Gasteiger partial charge in [-0.3, -0.25) is 24.8 Å². The minimum atomic E-state index is -0.956. The number of aromatic nitrogens is 1. The highest BCUT2D eigenvalue weighted by atomic mass is 16.2. The molecule has 19 heavy (non-hydrogen) atoms. The number of hydrogen-bond acceptors (Lipinski definition) is 4. The number of rotatable bonds is 3. The smallest absolute Gasteiger partial charge is 0.277 e. The molecule has 1 aliphatic heterocycles. The summed E-state index contributed by atoms with van der Waals surface area (Å²) in [6.45, 7) is 0.269. The first kappa shape index (κ1) is 11.8. The molecule has 0 radical (unpaired) electrons. The lowest BCUT2D eigenvalue weighted by Crippen LogP contribution is -2.59. The Morgan fingerprint density at radius 1 is 1.32 bits per heavy atom. The summed E-state index contributed by atoms with van der Waals surface area (Å²) in [6.07, 6.45) is 4.98. The average molecular weight is 259 g/mol. The van der Waals surface area contributed by atoms with Crippen LogP contribution in [-0.2, 0) is 16.0 Å². The maximum Gasteiger partial charge on any atom is 0.330 e. The van der Waals surface area contributed by atoms with E-state index in [1.54, 1.807) is 18.5 Å². The minimum Gasteiger partial charge on any atom is -0.277 e. The highest BCUT2D eigenvalue weighted by Gasteiger charge is 2.61. The van der Waals surface area contributed by atoms with Gasteiger partial charge in [0.15, 0.2) is 0 Å². The molecule has 1 spiro atoms. The summed E-state index contributed by atoms with van der Waals surface area (Å²) < 4.78 is 0. The number of carbonyl (C=O) groups excluding carboxylic acids is 3. The SMILES string of the molecule is O=C1NC(=O)C2(CC2)C(=O)N1CCc1cccnc1. The van der Waals surface area contributed by atoms with Gasteiger partial charge in [-0.2, -0.15) is 0 Å². The third kappa shape index (κ3) is 1.89. The molecule has 2 fully saturated rings. The van der Waals surface area contributed by atoms with Crippen LogP contribution in [0.4, 0.5) is 4.79 Å². The zero-order valence-electron chi connectivity index (χ0n) is 10.3. The van der Waals surface area contributed by atoms with Crippen LogP contribution in [0, 0.1) is 5.41 Å². The monoisotopic (exact) mass is 259 g/mol. The maximum atomic E-state index is 12.2. The number of pyridine rings is 1. The second-order valence-electron chi connectivity index (χ2n) is 4.91. The van der Waals surface area contributed by atoms with Crippen LogP contribution >= 0.6 is 0 Å². The number of urea groups is 1. The molecular weight excluding hydrogens is 246 g/mol. The van der Waals surface area contributed by atoms with Crippen molar-refractivity contribution in [2.75, 3.05) is 6.54 Å². The first-order valence-corrected chi connectivity index (χ1v) is 6.20. The molecule has 4 amide bonds. The molecule has 3 rings (SSSR count). The van der Waals surface area contributed by atoms with E-state index in [0.29, 0.717) is 19.3 Å². The number of nitrogens with zero attached hydrogens (tertiary/aromatic N) is 2. The summed E-state index contributed by atoms with van der Waals surface area (Å²) >= 11 is 0. The fourth-order valence-corrected chi connectivity index (χ4v) is 2.29. The van der Waals surface area contributed by atoms with Crippen molar-refractivity contribution >= 4 is 17.8 Å². The molecule has 6 nitrogen and oxygen atoms in total. The Morgan fingerprint density at radius 2 is 2.11 bits per heavy atom. The topological polar surface area (TPSA) is 79.4 Å². The first-order valence-electron chi connectivity index (χ1n) is 6.20. The van der Waals surface area contributed by atoms with Crippen LogP contribution in [0.2, 0.25) is 0 Å². The van der Waals surface area contributed by atoms with Crippen LogP contribution in [0.25, 0.3) is 0 Å². The first-order chi connectivity index (χ1) is 9.13. The molecule has 2 aliphatic rings. The van der Waals surface area contributed by atoms with E-state index < -0.39 is 17.4 Å². The van der Waals surface area contributed by atoms with Crippen LogP contribution in [0.3, 0.4) is 0 Å². The summed E-state index contributed by atoms with van der Waals surface area (Å²) in [5.41, 5.74) is -0.00658. The molecule has 1 saturated heterocycles. The molecular formula is C13H13N3O3. The third-order valence-corrected chi connectivity index (χ3v) is 3.65. The zero-order chi connectivity index (χ0) is 13.5. The molecule has 1 aromatic heterocycles. The number of carbonyl (C=O) groups is 3. The van der Waals surface area contributed by atoms with Crippen LogP contribution in [0.1, 0.15) is 18.4 Å². The molecule has 0 aromatic carbocycles. The van der Waals surface area contributed by atoms with Gasteiger partial charge in [0.2, 0.25) is 11.8 Å². The van der Waals surface area contributed by atoms with Gasteiger partial charge in [-0.15, -0.1) is 0 Å². The van der Waals surface area contributed by atoms with E-state index in [9.17, 15) is 14.4 Å². The zero-order valence-corrected chi connectivity index (χ0v) is 10.3. The second kappa shape index (κ2) is 4.15. The van der Waals surface area contributed by atoms with E-state index in [1.165, 1.54) is 0 Å². The van der Waals surface area contributed by atoms with Gasteiger partial charge in [-0.05, 0) is 30.9 Å². The molecule has 6 heteroatoms. The van der Waals surface area contributed by atoms with Crippen molar-refractivity contribution in [2.45, 2.75) is 19.3 Å². The van der Waals surface area contributed by atoms with Gasteiger partial charge in [0.05, 0.1) is 0 Å².